The van der Waals surface area contributed by atoms with Gasteiger partial charge in [-0.15, -0.1) is 0 Å². The second-order valence-corrected chi connectivity index (χ2v) is 5.15. The van der Waals surface area contributed by atoms with Crippen LogP contribution >= 0.6 is 0 Å². The van der Waals surface area contributed by atoms with Crippen LogP contribution in [0, 0.1) is 11.8 Å². The van der Waals surface area contributed by atoms with Crippen LogP contribution in [0.2, 0.25) is 0 Å². The number of hydrogen-bond donors (Lipinski definition) is 2. The lowest BCUT2D eigenvalue weighted by atomic mass is 10.0. The first-order valence-corrected chi connectivity index (χ1v) is 7.68. The summed E-state index contributed by atoms with van der Waals surface area (Å²) in [5, 5.41) is 0. The minimum atomic E-state index is -0.443. The second-order valence-electron chi connectivity index (χ2n) is 5.15. The summed E-state index contributed by atoms with van der Waals surface area (Å²) in [5.74, 6) is 5.39. The first-order valence-electron chi connectivity index (χ1n) is 7.68. The predicted octanol–water partition coefficient (Wildman–Crippen LogP) is 1.77. The molecule has 0 unspecified atom stereocenters. The van der Waals surface area contributed by atoms with Crippen LogP contribution in [0.5, 0.6) is 0 Å². The molecular weight excluding hydrogens is 266 g/mol. The lowest BCUT2D eigenvalue weighted by Gasteiger charge is -2.19. The van der Waals surface area contributed by atoms with Crippen LogP contribution in [0.4, 0.5) is 0 Å². The molecule has 1 aromatic heterocycles. The van der Waals surface area contributed by atoms with Gasteiger partial charge in [-0.05, 0) is 12.8 Å². The number of rotatable bonds is 7. The van der Waals surface area contributed by atoms with Gasteiger partial charge in [0.2, 0.25) is 0 Å². The van der Waals surface area contributed by atoms with Gasteiger partial charge in [-0.25, -0.2) is 4.79 Å². The average molecular weight is 291 g/mol. The molecule has 1 aromatic rings. The van der Waals surface area contributed by atoms with Crippen LogP contribution in [-0.4, -0.2) is 16.1 Å². The highest BCUT2D eigenvalue weighted by atomic mass is 16.2. The maximum atomic E-state index is 12.1. The summed E-state index contributed by atoms with van der Waals surface area (Å²) in [5.41, 5.74) is 4.84. The third kappa shape index (κ3) is 5.24. The lowest BCUT2D eigenvalue weighted by molar-refractivity contribution is 0.392. The minimum absolute atomic E-state index is 0.118. The minimum Gasteiger partial charge on any atom is -0.320 e. The smallest absolute Gasteiger partial charge is 0.320 e. The van der Waals surface area contributed by atoms with Crippen LogP contribution in [0.25, 0.3) is 0 Å². The number of unbranched alkanes of at least 4 members (excludes halogenated alkanes) is 2. The lowest BCUT2D eigenvalue weighted by Crippen LogP contribution is -2.33. The van der Waals surface area contributed by atoms with Crippen molar-refractivity contribution in [2.24, 2.45) is 5.73 Å². The number of hydrogen-bond acceptors (Lipinski definition) is 3. The SMILES string of the molecule is CCCCC(CCCC)n1cc(C#CCN)c(=O)[nH]c1=O. The van der Waals surface area contributed by atoms with E-state index in [4.69, 9.17) is 5.73 Å². The maximum Gasteiger partial charge on any atom is 0.328 e. The molecule has 0 aliphatic rings. The molecule has 5 nitrogen and oxygen atoms in total. The topological polar surface area (TPSA) is 80.9 Å². The Kier molecular flexibility index (Phi) is 7.55. The Morgan fingerprint density at radius 3 is 2.38 bits per heavy atom. The first-order chi connectivity index (χ1) is 10.1. The number of nitrogens with one attached hydrogen (secondary N) is 1. The zero-order chi connectivity index (χ0) is 15.7. The molecule has 0 saturated heterocycles. The molecule has 21 heavy (non-hydrogen) atoms. The fraction of sp³-hybridized carbons (Fsp3) is 0.625. The Hall–Kier alpha value is -1.80. The van der Waals surface area contributed by atoms with Crippen molar-refractivity contribution >= 4 is 0 Å². The summed E-state index contributed by atoms with van der Waals surface area (Å²) < 4.78 is 1.63. The molecule has 0 aliphatic carbocycles. The number of aromatic amines is 1. The van der Waals surface area contributed by atoms with Gasteiger partial charge in [0.1, 0.15) is 5.56 Å². The Labute approximate surface area is 125 Å². The fourth-order valence-electron chi connectivity index (χ4n) is 2.29. The largest absolute Gasteiger partial charge is 0.328 e. The quantitative estimate of drug-likeness (QED) is 0.751. The molecule has 0 radical (unpaired) electrons. The van der Waals surface area contributed by atoms with Gasteiger partial charge in [-0.1, -0.05) is 51.4 Å². The molecule has 0 fully saturated rings. The van der Waals surface area contributed by atoms with Gasteiger partial charge in [0.15, 0.2) is 0 Å². The van der Waals surface area contributed by atoms with Gasteiger partial charge in [0.25, 0.3) is 5.56 Å². The number of aromatic nitrogens is 2. The molecule has 1 rings (SSSR count). The van der Waals surface area contributed by atoms with E-state index in [0.29, 0.717) is 5.56 Å². The number of H-pyrrole nitrogens is 1. The summed E-state index contributed by atoms with van der Waals surface area (Å²) in [6.45, 7) is 4.45. The summed E-state index contributed by atoms with van der Waals surface area (Å²) in [6, 6.07) is 0.118. The van der Waals surface area contributed by atoms with Crippen LogP contribution in [0.1, 0.15) is 64.0 Å². The normalized spacial score (nSPS) is 10.5. The highest BCUT2D eigenvalue weighted by Gasteiger charge is 2.13. The van der Waals surface area contributed by atoms with Crippen LogP contribution in [0.15, 0.2) is 15.8 Å². The van der Waals surface area contributed by atoms with E-state index in [2.05, 4.69) is 30.7 Å². The van der Waals surface area contributed by atoms with Crippen molar-refractivity contribution in [1.29, 1.82) is 0 Å². The Morgan fingerprint density at radius 2 is 1.86 bits per heavy atom. The first kappa shape index (κ1) is 17.3. The summed E-state index contributed by atoms with van der Waals surface area (Å²) in [6.07, 6.45) is 7.74. The van der Waals surface area contributed by atoms with E-state index in [0.717, 1.165) is 38.5 Å². The third-order valence-electron chi connectivity index (χ3n) is 3.47. The fourth-order valence-corrected chi connectivity index (χ4v) is 2.29. The van der Waals surface area contributed by atoms with E-state index < -0.39 is 5.56 Å². The molecule has 3 N–H and O–H groups in total. The van der Waals surface area contributed by atoms with Crippen molar-refractivity contribution in [3.8, 4) is 11.8 Å². The van der Waals surface area contributed by atoms with Crippen molar-refractivity contribution in [1.82, 2.24) is 9.55 Å². The maximum absolute atomic E-state index is 12.1. The van der Waals surface area contributed by atoms with Crippen LogP contribution < -0.4 is 17.0 Å². The molecule has 5 heteroatoms. The predicted molar refractivity (Wildman–Crippen MR) is 85.3 cm³/mol. The van der Waals surface area contributed by atoms with Gasteiger partial charge in [-0.2, -0.15) is 0 Å². The van der Waals surface area contributed by atoms with E-state index >= 15 is 0 Å². The molecule has 0 aromatic carbocycles. The molecule has 1 heterocycles. The third-order valence-corrected chi connectivity index (χ3v) is 3.47. The van der Waals surface area contributed by atoms with Crippen LogP contribution in [0.3, 0.4) is 0 Å². The van der Waals surface area contributed by atoms with Gasteiger partial charge < -0.3 is 5.73 Å². The number of nitrogens with two attached hydrogens (primary N) is 1. The van der Waals surface area contributed by atoms with Crippen molar-refractivity contribution < 1.29 is 0 Å². The monoisotopic (exact) mass is 291 g/mol. The Bertz CT molecular complexity index is 596. The standard InChI is InChI=1S/C16H25N3O2/c1-3-5-9-14(10-6-4-2)19-12-13(8-7-11-17)15(20)18-16(19)21/h12,14H,3-6,9-11,17H2,1-2H3,(H,18,20,21). The van der Waals surface area contributed by atoms with Crippen molar-refractivity contribution in [2.45, 2.75) is 58.4 Å². The average Bonchev–Trinajstić information content (AvgIpc) is 2.47. The van der Waals surface area contributed by atoms with Crippen LogP contribution in [-0.2, 0) is 0 Å². The molecule has 0 bridgehead atoms. The van der Waals surface area contributed by atoms with Gasteiger partial charge in [0, 0.05) is 12.2 Å². The Morgan fingerprint density at radius 1 is 1.24 bits per heavy atom. The molecule has 0 atom stereocenters. The zero-order valence-corrected chi connectivity index (χ0v) is 12.9. The Balaban J connectivity index is 3.16. The molecule has 0 spiro atoms. The summed E-state index contributed by atoms with van der Waals surface area (Å²) in [7, 11) is 0. The van der Waals surface area contributed by atoms with E-state index in [9.17, 15) is 9.59 Å². The van der Waals surface area contributed by atoms with E-state index in [1.54, 1.807) is 10.8 Å². The summed E-state index contributed by atoms with van der Waals surface area (Å²) >= 11 is 0. The molecule has 0 aliphatic heterocycles. The van der Waals surface area contributed by atoms with Crippen molar-refractivity contribution in [2.75, 3.05) is 6.54 Å². The zero-order valence-electron chi connectivity index (χ0n) is 12.9. The molecule has 0 amide bonds. The highest BCUT2D eigenvalue weighted by molar-refractivity contribution is 5.29. The van der Waals surface area contributed by atoms with Gasteiger partial charge >= 0.3 is 5.69 Å². The van der Waals surface area contributed by atoms with E-state index in [1.165, 1.54) is 0 Å². The van der Waals surface area contributed by atoms with Gasteiger partial charge in [-0.3, -0.25) is 14.3 Å². The van der Waals surface area contributed by atoms with Crippen molar-refractivity contribution in [3.05, 3.63) is 32.6 Å². The number of nitrogens with zero attached hydrogens (tertiary/aromatic N) is 1. The molecule has 0 saturated carbocycles. The second kappa shape index (κ2) is 9.19. The molecular formula is C16H25N3O2. The summed E-state index contributed by atoms with van der Waals surface area (Å²) in [4.78, 5) is 26.2. The van der Waals surface area contributed by atoms with Crippen molar-refractivity contribution in [3.63, 3.8) is 0 Å². The highest BCUT2D eigenvalue weighted by Crippen LogP contribution is 2.20. The van der Waals surface area contributed by atoms with E-state index in [-0.39, 0.29) is 18.3 Å². The van der Waals surface area contributed by atoms with Gasteiger partial charge in [0.05, 0.1) is 6.54 Å². The molecule has 116 valence electrons. The van der Waals surface area contributed by atoms with E-state index in [1.807, 2.05) is 0 Å².